The van der Waals surface area contributed by atoms with Crippen LogP contribution in [0.2, 0.25) is 0 Å². The first kappa shape index (κ1) is 17.2. The summed E-state index contributed by atoms with van der Waals surface area (Å²) in [5.74, 6) is -0.483. The lowest BCUT2D eigenvalue weighted by atomic mass is 10.1. The lowest BCUT2D eigenvalue weighted by Gasteiger charge is -2.05. The third kappa shape index (κ3) is 3.87. The van der Waals surface area contributed by atoms with Gasteiger partial charge in [-0.15, -0.1) is 5.10 Å². The Bertz CT molecular complexity index is 966. The van der Waals surface area contributed by atoms with Gasteiger partial charge < -0.3 is 4.42 Å². The molecule has 0 aliphatic carbocycles. The minimum atomic E-state index is -4.46. The Kier molecular flexibility index (Phi) is 4.34. The third-order valence-corrected chi connectivity index (χ3v) is 4.74. The Morgan fingerprint density at radius 1 is 0.920 bits per heavy atom. The summed E-state index contributed by atoms with van der Waals surface area (Å²) in [7, 11) is -3.85. The van der Waals surface area contributed by atoms with E-state index in [0.29, 0.717) is 5.56 Å². The van der Waals surface area contributed by atoms with Crippen molar-refractivity contribution in [1.29, 1.82) is 0 Å². The van der Waals surface area contributed by atoms with Crippen LogP contribution in [0.1, 0.15) is 11.1 Å². The number of hydrogen-bond acceptors (Lipinski definition) is 5. The van der Waals surface area contributed by atoms with Gasteiger partial charge >= 0.3 is 11.4 Å². The van der Waals surface area contributed by atoms with E-state index >= 15 is 0 Å². The van der Waals surface area contributed by atoms with Crippen molar-refractivity contribution >= 4 is 9.84 Å². The van der Waals surface area contributed by atoms with Crippen LogP contribution in [0, 0.1) is 0 Å². The second-order valence-corrected chi connectivity index (χ2v) is 7.06. The van der Waals surface area contributed by atoms with E-state index in [1.807, 2.05) is 0 Å². The molecule has 0 radical (unpaired) electrons. The van der Waals surface area contributed by atoms with E-state index in [0.717, 1.165) is 24.3 Å². The molecule has 9 heteroatoms. The summed E-state index contributed by atoms with van der Waals surface area (Å²) in [6.45, 7) is 0. The highest BCUT2D eigenvalue weighted by Gasteiger charge is 2.30. The molecule has 130 valence electrons. The average Bonchev–Trinajstić information content (AvgIpc) is 3.06. The van der Waals surface area contributed by atoms with Gasteiger partial charge in [-0.25, -0.2) is 8.42 Å². The Balaban J connectivity index is 1.85. The minimum absolute atomic E-state index is 0.166. The number of nitrogens with zero attached hydrogens (tertiary/aromatic N) is 2. The quantitative estimate of drug-likeness (QED) is 0.702. The maximum absolute atomic E-state index is 12.6. The molecule has 0 bridgehead atoms. The zero-order chi connectivity index (χ0) is 18.1. The lowest BCUT2D eigenvalue weighted by Crippen LogP contribution is -2.05. The Morgan fingerprint density at radius 2 is 1.56 bits per heavy atom. The summed E-state index contributed by atoms with van der Waals surface area (Å²) < 4.78 is 67.4. The smallest absolute Gasteiger partial charge is 0.408 e. The number of alkyl halides is 3. The molecule has 2 aromatic carbocycles. The molecule has 0 atom stereocenters. The molecular weight excluding hydrogens is 357 g/mol. The van der Waals surface area contributed by atoms with Gasteiger partial charge in [-0.1, -0.05) is 35.4 Å². The molecule has 1 heterocycles. The van der Waals surface area contributed by atoms with Gasteiger partial charge in [-0.3, -0.25) is 0 Å². The number of aromatic nitrogens is 2. The molecule has 0 fully saturated rings. The predicted molar refractivity (Wildman–Crippen MR) is 82.1 cm³/mol. The first-order valence-electron chi connectivity index (χ1n) is 7.03. The highest BCUT2D eigenvalue weighted by atomic mass is 32.2. The van der Waals surface area contributed by atoms with E-state index in [1.54, 1.807) is 30.3 Å². The number of halogens is 3. The molecule has 0 amide bonds. The van der Waals surface area contributed by atoms with Crippen LogP contribution in [0.3, 0.4) is 0 Å². The van der Waals surface area contributed by atoms with Gasteiger partial charge in [0.25, 0.3) is 0 Å². The zero-order valence-electron chi connectivity index (χ0n) is 12.6. The van der Waals surface area contributed by atoms with E-state index in [2.05, 4.69) is 10.2 Å². The Labute approximate surface area is 141 Å². The van der Waals surface area contributed by atoms with Gasteiger partial charge in [0.15, 0.2) is 0 Å². The highest BCUT2D eigenvalue weighted by molar-refractivity contribution is 7.90. The lowest BCUT2D eigenvalue weighted by molar-refractivity contribution is -0.137. The molecule has 0 N–H and O–H groups in total. The summed E-state index contributed by atoms with van der Waals surface area (Å²) in [5, 5.41) is 6.54. The molecule has 3 aromatic rings. The molecule has 0 saturated heterocycles. The van der Waals surface area contributed by atoms with Crippen molar-refractivity contribution in [3.8, 4) is 11.5 Å². The van der Waals surface area contributed by atoms with Gasteiger partial charge in [-0.2, -0.15) is 13.2 Å². The van der Waals surface area contributed by atoms with Crippen LogP contribution >= 0.6 is 0 Å². The van der Waals surface area contributed by atoms with Crippen molar-refractivity contribution in [2.45, 2.75) is 17.2 Å². The van der Waals surface area contributed by atoms with Gasteiger partial charge in [0.05, 0.1) is 11.3 Å². The largest absolute Gasteiger partial charge is 0.416 e. The second-order valence-electron chi connectivity index (χ2n) is 5.19. The van der Waals surface area contributed by atoms with Gasteiger partial charge in [0.2, 0.25) is 15.7 Å². The number of sulfone groups is 1. The molecule has 1 aromatic heterocycles. The maximum atomic E-state index is 12.6. The molecule has 3 rings (SSSR count). The van der Waals surface area contributed by atoms with Crippen LogP contribution < -0.4 is 0 Å². The van der Waals surface area contributed by atoms with E-state index in [1.165, 1.54) is 0 Å². The first-order valence-corrected chi connectivity index (χ1v) is 8.69. The molecule has 0 aliphatic rings. The standard InChI is InChI=1S/C16H11F3N2O3S/c17-16(18,19)13-8-6-12(7-9-13)14-20-21-15(24-14)25(22,23)10-11-4-2-1-3-5-11/h1-9H,10H2. The number of benzene rings is 2. The van der Waals surface area contributed by atoms with Crippen molar-refractivity contribution in [3.05, 3.63) is 65.7 Å². The summed E-state index contributed by atoms with van der Waals surface area (Å²) in [6, 6.07) is 12.4. The summed E-state index contributed by atoms with van der Waals surface area (Å²) in [5.41, 5.74) is -0.0777. The maximum Gasteiger partial charge on any atom is 0.416 e. The summed E-state index contributed by atoms with van der Waals surface area (Å²) in [4.78, 5) is 0. The van der Waals surface area contributed by atoms with Crippen molar-refractivity contribution in [3.63, 3.8) is 0 Å². The first-order chi connectivity index (χ1) is 11.8. The molecule has 0 aliphatic heterocycles. The Hall–Kier alpha value is -2.68. The van der Waals surface area contributed by atoms with Crippen LogP contribution in [-0.2, 0) is 21.8 Å². The van der Waals surface area contributed by atoms with E-state index < -0.39 is 26.8 Å². The van der Waals surface area contributed by atoms with Gasteiger partial charge in [-0.05, 0) is 29.8 Å². The van der Waals surface area contributed by atoms with Crippen LogP contribution in [0.4, 0.5) is 13.2 Å². The summed E-state index contributed by atoms with van der Waals surface area (Å²) >= 11 is 0. The van der Waals surface area contributed by atoms with Crippen LogP contribution in [0.5, 0.6) is 0 Å². The topological polar surface area (TPSA) is 73.1 Å². The van der Waals surface area contributed by atoms with Crippen molar-refractivity contribution in [1.82, 2.24) is 10.2 Å². The van der Waals surface area contributed by atoms with Crippen molar-refractivity contribution in [2.75, 3.05) is 0 Å². The number of hydrogen-bond donors (Lipinski definition) is 0. The molecule has 25 heavy (non-hydrogen) atoms. The highest BCUT2D eigenvalue weighted by Crippen LogP contribution is 2.31. The fourth-order valence-corrected chi connectivity index (χ4v) is 3.24. The van der Waals surface area contributed by atoms with Crippen molar-refractivity contribution in [2.24, 2.45) is 0 Å². The third-order valence-electron chi connectivity index (χ3n) is 3.33. The van der Waals surface area contributed by atoms with E-state index in [-0.39, 0.29) is 17.2 Å². The minimum Gasteiger partial charge on any atom is -0.408 e. The SMILES string of the molecule is O=S(=O)(Cc1ccccc1)c1nnc(-c2ccc(C(F)(F)F)cc2)o1. The molecule has 0 spiro atoms. The van der Waals surface area contributed by atoms with Gasteiger partial charge in [0, 0.05) is 5.56 Å². The number of rotatable bonds is 4. The summed E-state index contributed by atoms with van der Waals surface area (Å²) in [6.07, 6.45) is -4.46. The molecule has 0 unspecified atom stereocenters. The van der Waals surface area contributed by atoms with E-state index in [9.17, 15) is 21.6 Å². The van der Waals surface area contributed by atoms with Crippen LogP contribution in [0.25, 0.3) is 11.5 Å². The van der Waals surface area contributed by atoms with Crippen LogP contribution in [0.15, 0.2) is 64.2 Å². The Morgan fingerprint density at radius 3 is 2.16 bits per heavy atom. The molecular formula is C16H11F3N2O3S. The van der Waals surface area contributed by atoms with Crippen molar-refractivity contribution < 1.29 is 26.0 Å². The molecule has 5 nitrogen and oxygen atoms in total. The fraction of sp³-hybridized carbons (Fsp3) is 0.125. The van der Waals surface area contributed by atoms with Crippen LogP contribution in [-0.4, -0.2) is 18.6 Å². The monoisotopic (exact) mass is 368 g/mol. The van der Waals surface area contributed by atoms with E-state index in [4.69, 9.17) is 4.42 Å². The molecule has 0 saturated carbocycles. The predicted octanol–water partition coefficient (Wildman–Crippen LogP) is 3.73. The van der Waals surface area contributed by atoms with Gasteiger partial charge in [0.1, 0.15) is 0 Å². The zero-order valence-corrected chi connectivity index (χ0v) is 13.4. The second kappa shape index (κ2) is 6.32. The average molecular weight is 368 g/mol. The normalized spacial score (nSPS) is 12.3. The fourth-order valence-electron chi connectivity index (χ4n) is 2.11.